The minimum Gasteiger partial charge on any atom is -0.292 e. The molecule has 0 spiro atoms. The summed E-state index contributed by atoms with van der Waals surface area (Å²) in [5.74, 6) is -0.107. The number of carbonyl (C=O) groups is 1. The van der Waals surface area contributed by atoms with E-state index in [0.29, 0.717) is 5.56 Å². The summed E-state index contributed by atoms with van der Waals surface area (Å²) >= 11 is 8.77. The van der Waals surface area contributed by atoms with Gasteiger partial charge in [0.1, 0.15) is 0 Å². The predicted molar refractivity (Wildman–Crippen MR) is 71.6 cm³/mol. The molecule has 0 amide bonds. The number of aryl methyl sites for hydroxylation is 1. The maximum absolute atomic E-state index is 11.7. The van der Waals surface area contributed by atoms with Crippen molar-refractivity contribution >= 4 is 44.1 Å². The molecule has 1 unspecified atom stereocenters. The molecule has 0 heterocycles. The van der Waals surface area contributed by atoms with E-state index in [4.69, 9.17) is 11.6 Å². The normalized spacial score (nSPS) is 12.7. The minimum absolute atomic E-state index is 0.107. The summed E-state index contributed by atoms with van der Waals surface area (Å²) in [6.45, 7) is 2.05. The molecule has 0 saturated heterocycles. The molecular formula is C13H10BrClO. The third kappa shape index (κ3) is 2.28. The van der Waals surface area contributed by atoms with Gasteiger partial charge in [0.15, 0.2) is 10.1 Å². The molecule has 0 aliphatic carbocycles. The van der Waals surface area contributed by atoms with Crippen LogP contribution in [-0.2, 0) is 0 Å². The standard InChI is InChI=1S/C13H10BrClO/c1-8-2-3-10-7-11(12(16)13(14)15)5-4-9(10)6-8/h2-7,13H,1H3. The summed E-state index contributed by atoms with van der Waals surface area (Å²) in [5.41, 5.74) is 1.84. The van der Waals surface area contributed by atoms with Crippen molar-refractivity contribution in [2.24, 2.45) is 0 Å². The monoisotopic (exact) mass is 296 g/mol. The van der Waals surface area contributed by atoms with Gasteiger partial charge >= 0.3 is 0 Å². The molecule has 0 bridgehead atoms. The lowest BCUT2D eigenvalue weighted by Crippen LogP contribution is -2.07. The Kier molecular flexibility index (Phi) is 3.31. The molecule has 1 nitrogen and oxygen atoms in total. The Hall–Kier alpha value is -0.860. The van der Waals surface area contributed by atoms with Crippen LogP contribution in [0.3, 0.4) is 0 Å². The first-order valence-electron chi connectivity index (χ1n) is 4.91. The van der Waals surface area contributed by atoms with Crippen LogP contribution in [0.5, 0.6) is 0 Å². The first-order chi connectivity index (χ1) is 7.58. The smallest absolute Gasteiger partial charge is 0.191 e. The number of hydrogen-bond acceptors (Lipinski definition) is 1. The Morgan fingerprint density at radius 1 is 1.19 bits per heavy atom. The predicted octanol–water partition coefficient (Wildman–Crippen LogP) is 4.29. The quantitative estimate of drug-likeness (QED) is 0.597. The summed E-state index contributed by atoms with van der Waals surface area (Å²) < 4.78 is -0.657. The van der Waals surface area contributed by atoms with Crippen LogP contribution in [0.15, 0.2) is 36.4 Å². The zero-order chi connectivity index (χ0) is 11.7. The van der Waals surface area contributed by atoms with Crippen molar-refractivity contribution < 1.29 is 4.79 Å². The Bertz CT molecular complexity index is 549. The number of alkyl halides is 2. The van der Waals surface area contributed by atoms with Gasteiger partial charge in [-0.3, -0.25) is 4.79 Å². The minimum atomic E-state index is -0.657. The van der Waals surface area contributed by atoms with E-state index in [-0.39, 0.29) is 5.78 Å². The van der Waals surface area contributed by atoms with Crippen molar-refractivity contribution in [1.29, 1.82) is 0 Å². The second-order valence-corrected chi connectivity index (χ2v) is 5.61. The van der Waals surface area contributed by atoms with Gasteiger partial charge in [0.2, 0.25) is 0 Å². The van der Waals surface area contributed by atoms with E-state index in [9.17, 15) is 4.79 Å². The molecule has 1 atom stereocenters. The first-order valence-corrected chi connectivity index (χ1v) is 6.26. The van der Waals surface area contributed by atoms with E-state index in [0.717, 1.165) is 10.8 Å². The molecule has 2 aromatic carbocycles. The number of rotatable bonds is 2. The molecule has 0 radical (unpaired) electrons. The van der Waals surface area contributed by atoms with Crippen molar-refractivity contribution in [2.75, 3.05) is 0 Å². The lowest BCUT2D eigenvalue weighted by atomic mass is 10.0. The van der Waals surface area contributed by atoms with E-state index in [1.165, 1.54) is 5.56 Å². The molecule has 82 valence electrons. The average molecular weight is 298 g/mol. The van der Waals surface area contributed by atoms with E-state index in [1.54, 1.807) is 6.07 Å². The second-order valence-electron chi connectivity index (χ2n) is 3.73. The van der Waals surface area contributed by atoms with Crippen LogP contribution in [0, 0.1) is 6.92 Å². The fraction of sp³-hybridized carbons (Fsp3) is 0.154. The number of ketones is 1. The third-order valence-electron chi connectivity index (χ3n) is 2.48. The number of benzene rings is 2. The van der Waals surface area contributed by atoms with E-state index < -0.39 is 4.29 Å². The molecule has 0 aromatic heterocycles. The molecule has 0 aliphatic rings. The summed E-state index contributed by atoms with van der Waals surface area (Å²) in [6.07, 6.45) is 0. The highest BCUT2D eigenvalue weighted by molar-refractivity contribution is 9.10. The number of hydrogen-bond donors (Lipinski definition) is 0. The highest BCUT2D eigenvalue weighted by atomic mass is 79.9. The third-order valence-corrected chi connectivity index (χ3v) is 3.09. The van der Waals surface area contributed by atoms with Crippen LogP contribution in [0.1, 0.15) is 15.9 Å². The van der Waals surface area contributed by atoms with Gasteiger partial charge < -0.3 is 0 Å². The molecule has 2 aromatic rings. The van der Waals surface area contributed by atoms with Gasteiger partial charge in [-0.1, -0.05) is 51.8 Å². The van der Waals surface area contributed by atoms with Crippen LogP contribution in [0.2, 0.25) is 0 Å². The van der Waals surface area contributed by atoms with Crippen molar-refractivity contribution in [3.8, 4) is 0 Å². The molecule has 16 heavy (non-hydrogen) atoms. The largest absolute Gasteiger partial charge is 0.292 e. The maximum Gasteiger partial charge on any atom is 0.191 e. The van der Waals surface area contributed by atoms with Crippen LogP contribution >= 0.6 is 27.5 Å². The summed E-state index contributed by atoms with van der Waals surface area (Å²) in [7, 11) is 0. The first kappa shape index (κ1) is 11.6. The molecule has 3 heteroatoms. The lowest BCUT2D eigenvalue weighted by molar-refractivity contribution is 0.101. The fourth-order valence-electron chi connectivity index (χ4n) is 1.64. The molecule has 0 fully saturated rings. The molecular weight excluding hydrogens is 287 g/mol. The van der Waals surface area contributed by atoms with Crippen LogP contribution in [-0.4, -0.2) is 10.1 Å². The average Bonchev–Trinajstić information content (AvgIpc) is 2.27. The zero-order valence-electron chi connectivity index (χ0n) is 8.71. The Labute approximate surface area is 108 Å². The van der Waals surface area contributed by atoms with Crippen molar-refractivity contribution in [3.63, 3.8) is 0 Å². The second kappa shape index (κ2) is 4.56. The maximum atomic E-state index is 11.7. The molecule has 0 saturated carbocycles. The number of halogens is 2. The summed E-state index contributed by atoms with van der Waals surface area (Å²) in [6, 6.07) is 11.8. The van der Waals surface area contributed by atoms with Gasteiger partial charge in [-0.15, -0.1) is 11.6 Å². The van der Waals surface area contributed by atoms with Crippen molar-refractivity contribution in [3.05, 3.63) is 47.5 Å². The Morgan fingerprint density at radius 2 is 1.81 bits per heavy atom. The van der Waals surface area contributed by atoms with E-state index in [2.05, 4.69) is 22.0 Å². The highest BCUT2D eigenvalue weighted by Crippen LogP contribution is 2.20. The van der Waals surface area contributed by atoms with Crippen molar-refractivity contribution in [2.45, 2.75) is 11.2 Å². The SMILES string of the molecule is Cc1ccc2cc(C(=O)C(Cl)Br)ccc2c1. The van der Waals surface area contributed by atoms with Gasteiger partial charge in [-0.05, 0) is 23.8 Å². The Balaban J connectivity index is 2.52. The van der Waals surface area contributed by atoms with Crippen LogP contribution < -0.4 is 0 Å². The highest BCUT2D eigenvalue weighted by Gasteiger charge is 2.13. The van der Waals surface area contributed by atoms with Crippen molar-refractivity contribution in [1.82, 2.24) is 0 Å². The Morgan fingerprint density at radius 3 is 2.50 bits per heavy atom. The number of Topliss-reactive ketones (excluding diaryl/α,β-unsaturated/α-hetero) is 1. The number of fused-ring (bicyclic) bond motifs is 1. The zero-order valence-corrected chi connectivity index (χ0v) is 11.0. The molecule has 0 aliphatic heterocycles. The van der Waals surface area contributed by atoms with Gasteiger partial charge in [0.25, 0.3) is 0 Å². The topological polar surface area (TPSA) is 17.1 Å². The van der Waals surface area contributed by atoms with Crippen LogP contribution in [0.4, 0.5) is 0 Å². The van der Waals surface area contributed by atoms with E-state index >= 15 is 0 Å². The van der Waals surface area contributed by atoms with Gasteiger partial charge in [0, 0.05) is 5.56 Å². The number of carbonyl (C=O) groups excluding carboxylic acids is 1. The summed E-state index contributed by atoms with van der Waals surface area (Å²) in [4.78, 5) is 11.7. The molecule has 2 rings (SSSR count). The van der Waals surface area contributed by atoms with Gasteiger partial charge in [-0.2, -0.15) is 0 Å². The van der Waals surface area contributed by atoms with E-state index in [1.807, 2.05) is 31.2 Å². The van der Waals surface area contributed by atoms with Crippen LogP contribution in [0.25, 0.3) is 10.8 Å². The van der Waals surface area contributed by atoms with Gasteiger partial charge in [-0.25, -0.2) is 0 Å². The summed E-state index contributed by atoms with van der Waals surface area (Å²) in [5, 5.41) is 2.19. The molecule has 0 N–H and O–H groups in total. The lowest BCUT2D eigenvalue weighted by Gasteiger charge is -2.04. The van der Waals surface area contributed by atoms with Gasteiger partial charge in [0.05, 0.1) is 0 Å². The fourth-order valence-corrected chi connectivity index (χ4v) is 2.03.